The summed E-state index contributed by atoms with van der Waals surface area (Å²) in [6, 6.07) is 7.91. The largest absolute Gasteiger partial charge is 0.493 e. The number of methoxy groups -OCH3 is 2. The fourth-order valence-corrected chi connectivity index (χ4v) is 2.72. The molecule has 2 aromatic carbocycles. The molecule has 0 heterocycles. The summed E-state index contributed by atoms with van der Waals surface area (Å²) in [5.41, 5.74) is 2.14. The molecule has 0 aliphatic carbocycles. The average molecular weight is 381 g/mol. The second kappa shape index (κ2) is 8.87. The van der Waals surface area contributed by atoms with Crippen LogP contribution in [0.1, 0.15) is 11.1 Å². The summed E-state index contributed by atoms with van der Waals surface area (Å²) < 4.78 is 24.4. The number of nitrogens with one attached hydrogen (secondary N) is 1. The second-order valence-corrected chi connectivity index (χ2v) is 6.41. The van der Waals surface area contributed by atoms with Gasteiger partial charge in [0.15, 0.2) is 11.5 Å². The lowest BCUT2D eigenvalue weighted by molar-refractivity contribution is -0.117. The van der Waals surface area contributed by atoms with E-state index in [1.165, 1.54) is 12.1 Å². The topological polar surface area (TPSA) is 50.8 Å². The van der Waals surface area contributed by atoms with Crippen molar-refractivity contribution in [3.8, 4) is 11.5 Å². The van der Waals surface area contributed by atoms with Gasteiger partial charge in [-0.1, -0.05) is 11.6 Å². The number of amides is 1. The number of halogens is 2. The number of hydrogen-bond acceptors (Lipinski definition) is 4. The molecule has 26 heavy (non-hydrogen) atoms. The molecular weight excluding hydrogens is 359 g/mol. The zero-order chi connectivity index (χ0) is 19.3. The van der Waals surface area contributed by atoms with Gasteiger partial charge in [-0.25, -0.2) is 4.39 Å². The second-order valence-electron chi connectivity index (χ2n) is 5.98. The highest BCUT2D eigenvalue weighted by atomic mass is 35.5. The Hall–Kier alpha value is -2.31. The van der Waals surface area contributed by atoms with Gasteiger partial charge < -0.3 is 14.8 Å². The zero-order valence-electron chi connectivity index (χ0n) is 15.2. The van der Waals surface area contributed by atoms with Crippen LogP contribution in [0.4, 0.5) is 10.1 Å². The molecule has 0 aliphatic heterocycles. The van der Waals surface area contributed by atoms with Crippen LogP contribution in [0, 0.1) is 12.7 Å². The van der Waals surface area contributed by atoms with Crippen LogP contribution in [-0.4, -0.2) is 38.6 Å². The molecule has 5 nitrogen and oxygen atoms in total. The number of aryl methyl sites for hydroxylation is 1. The first-order chi connectivity index (χ1) is 12.3. The predicted molar refractivity (Wildman–Crippen MR) is 101 cm³/mol. The van der Waals surface area contributed by atoms with Crippen LogP contribution in [0.2, 0.25) is 5.02 Å². The van der Waals surface area contributed by atoms with E-state index in [9.17, 15) is 9.18 Å². The third-order valence-corrected chi connectivity index (χ3v) is 4.14. The lowest BCUT2D eigenvalue weighted by Crippen LogP contribution is -2.30. The van der Waals surface area contributed by atoms with E-state index in [0.29, 0.717) is 18.0 Å². The highest BCUT2D eigenvalue weighted by Crippen LogP contribution is 2.30. The van der Waals surface area contributed by atoms with Gasteiger partial charge in [0.05, 0.1) is 26.5 Å². The van der Waals surface area contributed by atoms with Crippen molar-refractivity contribution in [2.24, 2.45) is 0 Å². The van der Waals surface area contributed by atoms with Gasteiger partial charge in [0, 0.05) is 11.6 Å². The Morgan fingerprint density at radius 2 is 1.85 bits per heavy atom. The number of rotatable bonds is 7. The van der Waals surface area contributed by atoms with E-state index in [-0.39, 0.29) is 23.2 Å². The van der Waals surface area contributed by atoms with Crippen molar-refractivity contribution < 1.29 is 18.7 Å². The van der Waals surface area contributed by atoms with Crippen molar-refractivity contribution >= 4 is 23.2 Å². The molecule has 1 N–H and O–H groups in total. The first-order valence-electron chi connectivity index (χ1n) is 7.99. The monoisotopic (exact) mass is 380 g/mol. The highest BCUT2D eigenvalue weighted by Gasteiger charge is 2.13. The minimum Gasteiger partial charge on any atom is -0.493 e. The Balaban J connectivity index is 2.01. The quantitative estimate of drug-likeness (QED) is 0.792. The molecule has 7 heteroatoms. The van der Waals surface area contributed by atoms with Crippen LogP contribution in [0.5, 0.6) is 11.5 Å². The molecule has 0 aromatic heterocycles. The van der Waals surface area contributed by atoms with Crippen molar-refractivity contribution in [2.75, 3.05) is 33.1 Å². The van der Waals surface area contributed by atoms with Gasteiger partial charge in [-0.2, -0.15) is 0 Å². The number of anilines is 1. The van der Waals surface area contributed by atoms with E-state index < -0.39 is 5.82 Å². The van der Waals surface area contributed by atoms with E-state index in [4.69, 9.17) is 21.1 Å². The maximum Gasteiger partial charge on any atom is 0.238 e. The van der Waals surface area contributed by atoms with Crippen molar-refractivity contribution in [2.45, 2.75) is 13.5 Å². The molecule has 0 saturated carbocycles. The van der Waals surface area contributed by atoms with Crippen LogP contribution in [0.3, 0.4) is 0 Å². The van der Waals surface area contributed by atoms with Gasteiger partial charge in [0.2, 0.25) is 5.91 Å². The van der Waals surface area contributed by atoms with E-state index in [0.717, 1.165) is 17.2 Å². The summed E-state index contributed by atoms with van der Waals surface area (Å²) in [7, 11) is 4.98. The Labute approximate surface area is 157 Å². The number of benzene rings is 2. The summed E-state index contributed by atoms with van der Waals surface area (Å²) in [4.78, 5) is 14.0. The van der Waals surface area contributed by atoms with Gasteiger partial charge >= 0.3 is 0 Å². The Bertz CT molecular complexity index is 799. The van der Waals surface area contributed by atoms with Crippen molar-refractivity contribution in [1.29, 1.82) is 0 Å². The van der Waals surface area contributed by atoms with Gasteiger partial charge in [-0.05, 0) is 55.4 Å². The molecule has 140 valence electrons. The van der Waals surface area contributed by atoms with E-state index >= 15 is 0 Å². The maximum absolute atomic E-state index is 13.8. The first-order valence-corrected chi connectivity index (χ1v) is 8.36. The molecule has 0 radical (unpaired) electrons. The summed E-state index contributed by atoms with van der Waals surface area (Å²) in [5, 5.41) is 2.83. The molecule has 0 fully saturated rings. The Morgan fingerprint density at radius 1 is 1.19 bits per heavy atom. The number of ether oxygens (including phenoxy) is 2. The standard InChI is InChI=1S/C19H22ClFN2O3/c1-12-7-17(25-3)18(26-4)8-13(12)10-23(2)11-19(24)22-16-6-5-14(20)9-15(16)21/h5-9H,10-11H2,1-4H3,(H,22,24). The number of carbonyl (C=O) groups is 1. The first kappa shape index (κ1) is 20.0. The molecule has 0 saturated heterocycles. The van der Waals surface area contributed by atoms with Crippen LogP contribution in [0.15, 0.2) is 30.3 Å². The van der Waals surface area contributed by atoms with Crippen LogP contribution in [0.25, 0.3) is 0 Å². The van der Waals surface area contributed by atoms with E-state index in [2.05, 4.69) is 5.32 Å². The number of nitrogens with zero attached hydrogens (tertiary/aromatic N) is 1. The highest BCUT2D eigenvalue weighted by molar-refractivity contribution is 6.30. The summed E-state index contributed by atoms with van der Waals surface area (Å²) in [6.45, 7) is 2.60. The minimum absolute atomic E-state index is 0.107. The number of carbonyl (C=O) groups excluding carboxylic acids is 1. The molecule has 1 amide bonds. The fraction of sp³-hybridized carbons (Fsp3) is 0.316. The number of hydrogen-bond donors (Lipinski definition) is 1. The molecule has 2 aromatic rings. The van der Waals surface area contributed by atoms with Crippen molar-refractivity contribution in [1.82, 2.24) is 4.90 Å². The molecule has 0 aliphatic rings. The maximum atomic E-state index is 13.8. The van der Waals surface area contributed by atoms with Crippen LogP contribution in [-0.2, 0) is 11.3 Å². The smallest absolute Gasteiger partial charge is 0.238 e. The summed E-state index contributed by atoms with van der Waals surface area (Å²) in [6.07, 6.45) is 0. The van der Waals surface area contributed by atoms with Crippen molar-refractivity contribution in [3.05, 3.63) is 52.3 Å². The SMILES string of the molecule is COc1cc(C)c(CN(C)CC(=O)Nc2ccc(Cl)cc2F)cc1OC. The fourth-order valence-electron chi connectivity index (χ4n) is 2.57. The predicted octanol–water partition coefficient (Wildman–Crippen LogP) is 3.88. The zero-order valence-corrected chi connectivity index (χ0v) is 16.0. The molecular formula is C19H22ClFN2O3. The lowest BCUT2D eigenvalue weighted by Gasteiger charge is -2.19. The van der Waals surface area contributed by atoms with Gasteiger partial charge in [-0.3, -0.25) is 9.69 Å². The van der Waals surface area contributed by atoms with Gasteiger partial charge in [0.1, 0.15) is 5.82 Å². The van der Waals surface area contributed by atoms with Crippen molar-refractivity contribution in [3.63, 3.8) is 0 Å². The average Bonchev–Trinajstić information content (AvgIpc) is 2.58. The molecule has 0 spiro atoms. The number of likely N-dealkylation sites (N-methyl/N-ethyl adjacent to an activating group) is 1. The van der Waals surface area contributed by atoms with E-state index in [1.54, 1.807) is 14.2 Å². The van der Waals surface area contributed by atoms with Crippen LogP contribution >= 0.6 is 11.6 Å². The lowest BCUT2D eigenvalue weighted by atomic mass is 10.1. The minimum atomic E-state index is -0.566. The van der Waals surface area contributed by atoms with Crippen LogP contribution < -0.4 is 14.8 Å². The van der Waals surface area contributed by atoms with Gasteiger partial charge in [0.25, 0.3) is 0 Å². The molecule has 0 atom stereocenters. The van der Waals surface area contributed by atoms with E-state index in [1.807, 2.05) is 31.0 Å². The third-order valence-electron chi connectivity index (χ3n) is 3.90. The van der Waals surface area contributed by atoms with Gasteiger partial charge in [-0.15, -0.1) is 0 Å². The third kappa shape index (κ3) is 5.09. The molecule has 0 bridgehead atoms. The summed E-state index contributed by atoms with van der Waals surface area (Å²) in [5.74, 6) is 0.414. The molecule has 2 rings (SSSR count). The Morgan fingerprint density at radius 3 is 2.46 bits per heavy atom. The Kier molecular flexibility index (Phi) is 6.83. The molecule has 0 unspecified atom stereocenters. The summed E-state index contributed by atoms with van der Waals surface area (Å²) >= 11 is 5.71. The normalized spacial score (nSPS) is 10.7.